The summed E-state index contributed by atoms with van der Waals surface area (Å²) in [6, 6.07) is 0. The van der Waals surface area contributed by atoms with Gasteiger partial charge in [0.15, 0.2) is 0 Å². The Morgan fingerprint density at radius 2 is 1.05 bits per heavy atom. The fourth-order valence-electron chi connectivity index (χ4n) is 4.05. The number of hydrogen-bond donors (Lipinski definition) is 0. The van der Waals surface area contributed by atoms with Crippen LogP contribution in [0.15, 0.2) is 0 Å². The Balaban J connectivity index is 3.17. The third-order valence-electron chi connectivity index (χ3n) is 6.10. The van der Waals surface area contributed by atoms with E-state index in [1.807, 2.05) is 0 Å². The standard InChI is InChI=1S/C17H34N2.Au.ClH/c1-7-16(8-2,9-3)18-13-14-19(15-18)17(10-4,11-5)12-6;;/h7-14H2,1-6H3;;1H/q;-1;/p-1. The molecule has 21 heavy (non-hydrogen) atoms. The Morgan fingerprint density at radius 1 is 0.762 bits per heavy atom. The fraction of sp³-hybridized carbons (Fsp3) is 0.941. The predicted molar refractivity (Wildman–Crippen MR) is 91.5 cm³/mol. The quantitative estimate of drug-likeness (QED) is 0.441. The zero-order chi connectivity index (χ0) is 16.1. The first-order chi connectivity index (χ1) is 10.0. The topological polar surface area (TPSA) is 6.48 Å². The zero-order valence-corrected chi connectivity index (χ0v) is 17.7. The molecule has 0 aromatic heterocycles. The molecule has 0 unspecified atom stereocenters. The van der Waals surface area contributed by atoms with Crippen molar-refractivity contribution in [2.24, 2.45) is 0 Å². The van der Waals surface area contributed by atoms with Crippen LogP contribution in [0, 0.1) is 0 Å². The summed E-state index contributed by atoms with van der Waals surface area (Å²) in [5.41, 5.74) is 0.632. The van der Waals surface area contributed by atoms with E-state index >= 15 is 0 Å². The van der Waals surface area contributed by atoms with Crippen LogP contribution in [0.3, 0.4) is 0 Å². The van der Waals surface area contributed by atoms with Crippen LogP contribution in [0.4, 0.5) is 0 Å². The van der Waals surface area contributed by atoms with Crippen LogP contribution in [0.2, 0.25) is 0 Å². The molecule has 0 amide bonds. The van der Waals surface area contributed by atoms with Crippen LogP contribution in [-0.4, -0.2) is 37.9 Å². The van der Waals surface area contributed by atoms with Gasteiger partial charge in [0.25, 0.3) is 0 Å². The molecule has 4 heteroatoms. The molecular formula is C17H34AuClN2-2. The van der Waals surface area contributed by atoms with E-state index in [9.17, 15) is 0 Å². The molecule has 1 aliphatic heterocycles. The number of rotatable bonds is 8. The third kappa shape index (κ3) is 3.51. The van der Waals surface area contributed by atoms with Crippen LogP contribution in [0.1, 0.15) is 80.1 Å². The Bertz CT molecular complexity index is 302. The summed E-state index contributed by atoms with van der Waals surface area (Å²) in [5.74, 6) is 0. The van der Waals surface area contributed by atoms with Gasteiger partial charge in [0.2, 0.25) is 0 Å². The molecule has 0 aromatic carbocycles. The van der Waals surface area contributed by atoms with Crippen molar-refractivity contribution < 1.29 is 18.2 Å². The summed E-state index contributed by atoms with van der Waals surface area (Å²) in [6.45, 7) is 16.4. The SMILES string of the molecule is CCC(CC)(CC)N1CCN(C(CC)(CC)CC)[C]1=[Au-2][Cl]. The van der Waals surface area contributed by atoms with Gasteiger partial charge in [-0.15, -0.1) is 0 Å². The number of nitrogens with zero attached hydrogens (tertiary/aromatic N) is 2. The van der Waals surface area contributed by atoms with Crippen LogP contribution in [-0.2, 0) is 18.2 Å². The second-order valence-corrected chi connectivity index (χ2v) is 8.48. The average Bonchev–Trinajstić information content (AvgIpc) is 2.97. The van der Waals surface area contributed by atoms with Crippen molar-refractivity contribution in [2.75, 3.05) is 13.1 Å². The van der Waals surface area contributed by atoms with E-state index in [0.717, 1.165) is 13.1 Å². The van der Waals surface area contributed by atoms with Crippen molar-refractivity contribution in [3.05, 3.63) is 0 Å². The van der Waals surface area contributed by atoms with Crippen LogP contribution < -0.4 is 0 Å². The van der Waals surface area contributed by atoms with Gasteiger partial charge in [-0.2, -0.15) is 0 Å². The van der Waals surface area contributed by atoms with Gasteiger partial charge < -0.3 is 0 Å². The van der Waals surface area contributed by atoms with Crippen molar-refractivity contribution >= 4 is 13.2 Å². The summed E-state index contributed by atoms with van der Waals surface area (Å²) in [6.07, 6.45) is 7.29. The average molecular weight is 499 g/mol. The molecule has 0 aromatic rings. The minimum atomic E-state index is -0.283. The van der Waals surface area contributed by atoms with Gasteiger partial charge in [0, 0.05) is 0 Å². The predicted octanol–water partition coefficient (Wildman–Crippen LogP) is 4.87. The second kappa shape index (κ2) is 8.61. The van der Waals surface area contributed by atoms with E-state index in [2.05, 4.69) is 51.3 Å². The summed E-state index contributed by atoms with van der Waals surface area (Å²) in [4.78, 5) is 5.38. The second-order valence-electron chi connectivity index (χ2n) is 6.17. The number of hydrogen-bond acceptors (Lipinski definition) is 2. The summed E-state index contributed by atoms with van der Waals surface area (Å²) in [5, 5.41) is 0. The van der Waals surface area contributed by atoms with E-state index in [1.165, 1.54) is 42.5 Å². The van der Waals surface area contributed by atoms with Gasteiger partial charge in [-0.3, -0.25) is 0 Å². The van der Waals surface area contributed by atoms with Crippen LogP contribution in [0.25, 0.3) is 0 Å². The van der Waals surface area contributed by atoms with E-state index in [1.54, 1.807) is 0 Å². The Morgan fingerprint density at radius 3 is 1.24 bits per heavy atom. The van der Waals surface area contributed by atoms with E-state index in [4.69, 9.17) is 9.19 Å². The molecule has 0 saturated carbocycles. The third-order valence-corrected chi connectivity index (χ3v) is 8.47. The molecule has 0 radical (unpaired) electrons. The molecule has 0 atom stereocenters. The fourth-order valence-corrected chi connectivity index (χ4v) is 7.01. The van der Waals surface area contributed by atoms with Crippen LogP contribution >= 0.6 is 9.19 Å². The molecule has 1 aliphatic rings. The maximum absolute atomic E-state index is 6.53. The molecule has 1 heterocycles. The zero-order valence-electron chi connectivity index (χ0n) is 14.7. The van der Waals surface area contributed by atoms with Gasteiger partial charge >= 0.3 is 145 Å². The molecule has 0 aliphatic carbocycles. The van der Waals surface area contributed by atoms with E-state index in [-0.39, 0.29) is 18.2 Å². The van der Waals surface area contributed by atoms with E-state index < -0.39 is 0 Å². The molecule has 1 fully saturated rings. The van der Waals surface area contributed by atoms with Crippen molar-refractivity contribution in [3.63, 3.8) is 0 Å². The first-order valence-electron chi connectivity index (χ1n) is 8.66. The van der Waals surface area contributed by atoms with Crippen molar-refractivity contribution in [1.29, 1.82) is 0 Å². The van der Waals surface area contributed by atoms with Gasteiger partial charge in [0.05, 0.1) is 0 Å². The first kappa shape index (κ1) is 19.9. The Kier molecular flexibility index (Phi) is 8.15. The molecule has 0 bridgehead atoms. The Labute approximate surface area is 145 Å². The molecule has 0 N–H and O–H groups in total. The van der Waals surface area contributed by atoms with Crippen molar-refractivity contribution in [3.8, 4) is 0 Å². The first-order valence-corrected chi connectivity index (χ1v) is 12.4. The van der Waals surface area contributed by atoms with Gasteiger partial charge in [-0.25, -0.2) is 0 Å². The monoisotopic (exact) mass is 498 g/mol. The molecule has 2 nitrogen and oxygen atoms in total. The van der Waals surface area contributed by atoms with Gasteiger partial charge in [0.1, 0.15) is 0 Å². The minimum absolute atomic E-state index is 0.283. The summed E-state index contributed by atoms with van der Waals surface area (Å²) in [7, 11) is 6.53. The number of halogens is 1. The normalized spacial score (nSPS) is 18.9. The summed E-state index contributed by atoms with van der Waals surface area (Å²) < 4.78 is 1.48. The molecule has 0 spiro atoms. The molecule has 1 saturated heterocycles. The maximum atomic E-state index is 6.53. The molecule has 1 rings (SSSR count). The van der Waals surface area contributed by atoms with Crippen molar-refractivity contribution in [1.82, 2.24) is 9.80 Å². The Hall–Kier alpha value is 0.820. The van der Waals surface area contributed by atoms with Gasteiger partial charge in [-0.1, -0.05) is 0 Å². The summed E-state index contributed by atoms with van der Waals surface area (Å²) >= 11 is -0.283. The van der Waals surface area contributed by atoms with Crippen LogP contribution in [0.5, 0.6) is 0 Å². The van der Waals surface area contributed by atoms with Gasteiger partial charge in [-0.05, 0) is 0 Å². The molecule has 132 valence electrons. The van der Waals surface area contributed by atoms with Crippen molar-refractivity contribution in [2.45, 2.75) is 91.1 Å². The molecular weight excluding hydrogens is 465 g/mol. The van der Waals surface area contributed by atoms with E-state index in [0.29, 0.717) is 11.1 Å².